The first kappa shape index (κ1) is 68.6. The monoisotopic (exact) mass is 1000 g/mol. The third kappa shape index (κ3) is 57.5. The number of carbonyl (C=O) groups is 3. The van der Waals surface area contributed by atoms with Crippen molar-refractivity contribution in [1.82, 2.24) is 0 Å². The number of carbonyl (C=O) groups excluding carboxylic acids is 3. The summed E-state index contributed by atoms with van der Waals surface area (Å²) in [6.45, 7) is 6.48. The van der Waals surface area contributed by atoms with Crippen molar-refractivity contribution in [3.63, 3.8) is 0 Å². The van der Waals surface area contributed by atoms with Crippen LogP contribution in [-0.4, -0.2) is 37.2 Å². The molecule has 0 N–H and O–H groups in total. The van der Waals surface area contributed by atoms with E-state index in [-0.39, 0.29) is 31.1 Å². The van der Waals surface area contributed by atoms with Crippen LogP contribution in [0.5, 0.6) is 0 Å². The van der Waals surface area contributed by atoms with E-state index in [4.69, 9.17) is 14.2 Å². The highest BCUT2D eigenvalue weighted by atomic mass is 16.6. The molecule has 0 aromatic rings. The molecule has 1 atom stereocenters. The summed E-state index contributed by atoms with van der Waals surface area (Å²) in [6, 6.07) is 0. The summed E-state index contributed by atoms with van der Waals surface area (Å²) < 4.78 is 16.8. The van der Waals surface area contributed by atoms with Crippen molar-refractivity contribution >= 4 is 17.9 Å². The zero-order valence-electron chi connectivity index (χ0n) is 47.4. The lowest BCUT2D eigenvalue weighted by molar-refractivity contribution is -0.167. The Morgan fingerprint density at radius 3 is 0.903 bits per heavy atom. The summed E-state index contributed by atoms with van der Waals surface area (Å²) in [7, 11) is 0. The highest BCUT2D eigenvalue weighted by Crippen LogP contribution is 2.16. The molecule has 6 heteroatoms. The maximum Gasteiger partial charge on any atom is 0.306 e. The predicted octanol–water partition coefficient (Wildman–Crippen LogP) is 20.7. The summed E-state index contributed by atoms with van der Waals surface area (Å²) >= 11 is 0. The van der Waals surface area contributed by atoms with Crippen molar-refractivity contribution in [3.8, 4) is 0 Å². The van der Waals surface area contributed by atoms with Crippen LogP contribution < -0.4 is 0 Å². The van der Waals surface area contributed by atoms with Gasteiger partial charge in [0.05, 0.1) is 0 Å². The molecule has 0 saturated carbocycles. The van der Waals surface area contributed by atoms with Gasteiger partial charge in [-0.15, -0.1) is 0 Å². The average Bonchev–Trinajstić information content (AvgIpc) is 3.38. The Hall–Kier alpha value is -3.41. The Bertz CT molecular complexity index is 1380. The fourth-order valence-electron chi connectivity index (χ4n) is 8.50. The molecular formula is C66H114O6. The van der Waals surface area contributed by atoms with Crippen LogP contribution in [0.1, 0.15) is 297 Å². The van der Waals surface area contributed by atoms with E-state index < -0.39 is 6.10 Å². The van der Waals surface area contributed by atoms with E-state index >= 15 is 0 Å². The lowest BCUT2D eigenvalue weighted by Gasteiger charge is -2.18. The van der Waals surface area contributed by atoms with E-state index in [2.05, 4.69) is 106 Å². The van der Waals surface area contributed by atoms with E-state index in [1.165, 1.54) is 148 Å². The minimum atomic E-state index is -0.783. The number of unbranched alkanes of at least 4 members (excludes halogenated alkanes) is 30. The third-order valence-corrected chi connectivity index (χ3v) is 13.1. The molecule has 0 aliphatic rings. The van der Waals surface area contributed by atoms with E-state index in [9.17, 15) is 14.4 Å². The van der Waals surface area contributed by atoms with Crippen LogP contribution in [-0.2, 0) is 28.6 Å². The second-order valence-electron chi connectivity index (χ2n) is 20.2. The van der Waals surface area contributed by atoms with Crippen molar-refractivity contribution in [3.05, 3.63) is 85.1 Å². The van der Waals surface area contributed by atoms with Crippen LogP contribution >= 0.6 is 0 Å². The number of ether oxygens (including phenoxy) is 3. The molecule has 0 aromatic heterocycles. The molecule has 0 heterocycles. The van der Waals surface area contributed by atoms with Gasteiger partial charge < -0.3 is 14.2 Å². The van der Waals surface area contributed by atoms with Gasteiger partial charge in [-0.05, 0) is 109 Å². The molecule has 0 aromatic carbocycles. The molecule has 0 aliphatic heterocycles. The Kier molecular flexibility index (Phi) is 57.3. The van der Waals surface area contributed by atoms with Crippen molar-refractivity contribution in [2.75, 3.05) is 13.2 Å². The van der Waals surface area contributed by atoms with Crippen molar-refractivity contribution in [2.45, 2.75) is 303 Å². The highest BCUT2D eigenvalue weighted by molar-refractivity contribution is 5.71. The topological polar surface area (TPSA) is 78.9 Å². The second kappa shape index (κ2) is 60.1. The molecule has 0 fully saturated rings. The Morgan fingerprint density at radius 1 is 0.292 bits per heavy atom. The van der Waals surface area contributed by atoms with Gasteiger partial charge in [0.25, 0.3) is 0 Å². The van der Waals surface area contributed by atoms with Crippen LogP contribution in [0.25, 0.3) is 0 Å². The smallest absolute Gasteiger partial charge is 0.306 e. The van der Waals surface area contributed by atoms with Crippen LogP contribution in [0.3, 0.4) is 0 Å². The zero-order valence-corrected chi connectivity index (χ0v) is 47.4. The number of esters is 3. The first-order valence-electron chi connectivity index (χ1n) is 30.6. The summed E-state index contributed by atoms with van der Waals surface area (Å²) in [5.74, 6) is -0.893. The molecule has 6 nitrogen and oxygen atoms in total. The minimum absolute atomic E-state index is 0.0812. The number of rotatable bonds is 55. The SMILES string of the molecule is CC/C=C\C/C=C\C/C=C\C/C=C\C/C=C\CCCCCCCCCCCCCCCC(=O)OCC(COC(=O)CCCCCCC/C=C\CCCC)OC(=O)CCCCCCC/C=C\CCCCCCC. The number of hydrogen-bond acceptors (Lipinski definition) is 6. The van der Waals surface area contributed by atoms with E-state index in [1.54, 1.807) is 0 Å². The Labute approximate surface area is 445 Å². The summed E-state index contributed by atoms with van der Waals surface area (Å²) in [4.78, 5) is 38.1. The van der Waals surface area contributed by atoms with Crippen LogP contribution in [0, 0.1) is 0 Å². The summed E-state index contributed by atoms with van der Waals surface area (Å²) in [5.41, 5.74) is 0. The molecular weight excluding hydrogens is 889 g/mol. The standard InChI is InChI=1S/C66H114O6/c1-4-7-10-13-16-19-22-24-26-27-28-29-30-31-32-33-34-35-36-37-38-39-40-42-44-47-50-53-56-59-65(68)71-62-63(61-70-64(67)58-55-52-49-46-43-21-18-15-12-9-6-3)72-66(69)60-57-54-51-48-45-41-25-23-20-17-14-11-8-5-2/h7,10,15-16,18-19,23-26,28-29,31-32,63H,4-6,8-9,11-14,17,20-22,27,30,33-62H2,1-3H3/b10-7-,18-15-,19-16-,25-23-,26-24-,29-28-,32-31-. The van der Waals surface area contributed by atoms with Gasteiger partial charge >= 0.3 is 17.9 Å². The normalized spacial score (nSPS) is 12.7. The molecule has 1 unspecified atom stereocenters. The maximum atomic E-state index is 12.8. The fraction of sp³-hybridized carbons (Fsp3) is 0.742. The largest absolute Gasteiger partial charge is 0.462 e. The van der Waals surface area contributed by atoms with Gasteiger partial charge in [-0.1, -0.05) is 254 Å². The maximum absolute atomic E-state index is 12.8. The fourth-order valence-corrected chi connectivity index (χ4v) is 8.50. The lowest BCUT2D eigenvalue weighted by atomic mass is 10.0. The van der Waals surface area contributed by atoms with Crippen LogP contribution in [0.15, 0.2) is 85.1 Å². The van der Waals surface area contributed by atoms with E-state index in [1.807, 2.05) is 0 Å². The molecule has 0 aliphatic carbocycles. The summed E-state index contributed by atoms with van der Waals surface area (Å²) in [5, 5.41) is 0. The first-order valence-corrected chi connectivity index (χ1v) is 30.6. The van der Waals surface area contributed by atoms with Gasteiger partial charge in [-0.2, -0.15) is 0 Å². The lowest BCUT2D eigenvalue weighted by Crippen LogP contribution is -2.30. The van der Waals surface area contributed by atoms with Gasteiger partial charge in [0.2, 0.25) is 0 Å². The second-order valence-corrected chi connectivity index (χ2v) is 20.2. The Morgan fingerprint density at radius 2 is 0.556 bits per heavy atom. The predicted molar refractivity (Wildman–Crippen MR) is 311 cm³/mol. The third-order valence-electron chi connectivity index (χ3n) is 13.1. The molecule has 0 amide bonds. The van der Waals surface area contributed by atoms with Gasteiger partial charge in [0.1, 0.15) is 13.2 Å². The molecule has 72 heavy (non-hydrogen) atoms. The zero-order chi connectivity index (χ0) is 52.2. The van der Waals surface area contributed by atoms with Crippen molar-refractivity contribution in [2.24, 2.45) is 0 Å². The van der Waals surface area contributed by atoms with Crippen LogP contribution in [0.2, 0.25) is 0 Å². The number of allylic oxidation sites excluding steroid dienone is 14. The average molecular weight is 1000 g/mol. The summed E-state index contributed by atoms with van der Waals surface area (Å²) in [6.07, 6.45) is 78.8. The van der Waals surface area contributed by atoms with Gasteiger partial charge in [0, 0.05) is 19.3 Å². The quantitative estimate of drug-likeness (QED) is 0.0261. The van der Waals surface area contributed by atoms with Crippen molar-refractivity contribution in [1.29, 1.82) is 0 Å². The Balaban J connectivity index is 4.19. The number of hydrogen-bond donors (Lipinski definition) is 0. The molecule has 0 bridgehead atoms. The molecule has 0 radical (unpaired) electrons. The van der Waals surface area contributed by atoms with E-state index in [0.717, 1.165) is 109 Å². The minimum Gasteiger partial charge on any atom is -0.462 e. The first-order chi connectivity index (χ1) is 35.5. The van der Waals surface area contributed by atoms with Gasteiger partial charge in [-0.25, -0.2) is 0 Å². The van der Waals surface area contributed by atoms with Crippen molar-refractivity contribution < 1.29 is 28.6 Å². The van der Waals surface area contributed by atoms with Crippen LogP contribution in [0.4, 0.5) is 0 Å². The van der Waals surface area contributed by atoms with Gasteiger partial charge in [0.15, 0.2) is 6.10 Å². The molecule has 0 spiro atoms. The molecule has 0 saturated heterocycles. The highest BCUT2D eigenvalue weighted by Gasteiger charge is 2.19. The van der Waals surface area contributed by atoms with Gasteiger partial charge in [-0.3, -0.25) is 14.4 Å². The molecule has 0 rings (SSSR count). The van der Waals surface area contributed by atoms with E-state index in [0.29, 0.717) is 19.3 Å². The molecule has 414 valence electrons.